The average molecular weight is 435 g/mol. The maximum atomic E-state index is 12.6. The van der Waals surface area contributed by atoms with E-state index in [1.165, 1.54) is 37.3 Å². The molecule has 10 heteroatoms. The minimum absolute atomic E-state index is 0.108. The molecule has 0 heterocycles. The molecule has 0 aromatic heterocycles. The van der Waals surface area contributed by atoms with Gasteiger partial charge >= 0.3 is 10.1 Å². The van der Waals surface area contributed by atoms with E-state index >= 15 is 0 Å². The highest BCUT2D eigenvalue weighted by molar-refractivity contribution is 7.87. The minimum Gasteiger partial charge on any atom is -0.378 e. The Morgan fingerprint density at radius 3 is 2.17 bits per heavy atom. The Balaban J connectivity index is 2.17. The van der Waals surface area contributed by atoms with E-state index in [2.05, 4.69) is 5.32 Å². The quantitative estimate of drug-likeness (QED) is 0.466. The van der Waals surface area contributed by atoms with E-state index in [0.29, 0.717) is 5.69 Å². The molecule has 0 radical (unpaired) electrons. The first kappa shape index (κ1) is 20.8. The lowest BCUT2D eigenvalue weighted by molar-refractivity contribution is -0.114. The summed E-state index contributed by atoms with van der Waals surface area (Å²) in [6, 6.07) is 12.5. The van der Waals surface area contributed by atoms with Crippen molar-refractivity contribution < 1.29 is 30.4 Å². The van der Waals surface area contributed by atoms with Crippen molar-refractivity contribution in [3.63, 3.8) is 0 Å². The molecule has 0 unspecified atom stereocenters. The second kappa shape index (κ2) is 7.47. The number of carbonyl (C=O) groups excluding carboxylic acids is 1. The van der Waals surface area contributed by atoms with Gasteiger partial charge < -0.3 is 9.50 Å². The van der Waals surface area contributed by atoms with Crippen LogP contribution in [0.5, 0.6) is 5.75 Å². The lowest BCUT2D eigenvalue weighted by atomic mass is 10.1. The summed E-state index contributed by atoms with van der Waals surface area (Å²) in [6.45, 7) is 3.11. The van der Waals surface area contributed by atoms with Crippen LogP contribution in [-0.2, 0) is 25.0 Å². The summed E-state index contributed by atoms with van der Waals surface area (Å²) in [5, 5.41) is 3.07. The Morgan fingerprint density at radius 2 is 1.59 bits per heavy atom. The van der Waals surface area contributed by atoms with Crippen molar-refractivity contribution in [2.75, 3.05) is 5.32 Å². The molecule has 8 nitrogen and oxygen atoms in total. The predicted octanol–water partition coefficient (Wildman–Crippen LogP) is 3.12. The Morgan fingerprint density at radius 1 is 0.931 bits per heavy atom. The molecule has 29 heavy (non-hydrogen) atoms. The molecule has 2 N–H and O–H groups in total. The van der Waals surface area contributed by atoms with Crippen LogP contribution in [-0.4, -0.2) is 27.3 Å². The fourth-order valence-corrected chi connectivity index (χ4v) is 4.15. The molecule has 3 aromatic rings. The van der Waals surface area contributed by atoms with Gasteiger partial charge in [-0.2, -0.15) is 16.8 Å². The fraction of sp³-hybridized carbons (Fsp3) is 0.105. The summed E-state index contributed by atoms with van der Waals surface area (Å²) >= 11 is 0. The fourth-order valence-electron chi connectivity index (χ4n) is 2.68. The lowest BCUT2D eigenvalue weighted by Gasteiger charge is -2.12. The number of carbonyl (C=O) groups is 1. The van der Waals surface area contributed by atoms with Crippen LogP contribution in [0.1, 0.15) is 12.5 Å². The molecule has 0 atom stereocenters. The van der Waals surface area contributed by atoms with Crippen LogP contribution < -0.4 is 9.50 Å². The van der Waals surface area contributed by atoms with Crippen molar-refractivity contribution in [2.24, 2.45) is 0 Å². The van der Waals surface area contributed by atoms with E-state index in [4.69, 9.17) is 4.18 Å². The van der Waals surface area contributed by atoms with Gasteiger partial charge in [0.05, 0.1) is 4.90 Å². The second-order valence-corrected chi connectivity index (χ2v) is 9.33. The molecule has 0 fully saturated rings. The maximum Gasteiger partial charge on any atom is 0.339 e. The molecule has 0 aliphatic rings. The number of hydrogen-bond acceptors (Lipinski definition) is 6. The molecule has 0 spiro atoms. The van der Waals surface area contributed by atoms with Gasteiger partial charge in [-0.3, -0.25) is 9.35 Å². The van der Waals surface area contributed by atoms with Crippen LogP contribution in [0.3, 0.4) is 0 Å². The Labute approximate surface area is 168 Å². The van der Waals surface area contributed by atoms with E-state index in [-0.39, 0.29) is 27.3 Å². The standard InChI is InChI=1S/C19H17NO7S2/c1-12-3-6-16(7-4-12)29(25,26)27-19-11-17(28(22,23)24)10-14-9-15(20-13(2)21)5-8-18(14)19/h3-11H,1-2H3,(H,20,21)(H,22,23,24). The van der Waals surface area contributed by atoms with E-state index in [1.807, 2.05) is 0 Å². The lowest BCUT2D eigenvalue weighted by Crippen LogP contribution is -2.11. The molecular weight excluding hydrogens is 418 g/mol. The predicted molar refractivity (Wildman–Crippen MR) is 107 cm³/mol. The molecule has 0 aliphatic heterocycles. The minimum atomic E-state index is -4.64. The molecule has 0 bridgehead atoms. The molecule has 3 aromatic carbocycles. The van der Waals surface area contributed by atoms with Gasteiger partial charge in [-0.15, -0.1) is 0 Å². The summed E-state index contributed by atoms with van der Waals surface area (Å²) in [5.74, 6) is -0.612. The summed E-state index contributed by atoms with van der Waals surface area (Å²) in [7, 11) is -8.90. The highest BCUT2D eigenvalue weighted by atomic mass is 32.2. The SMILES string of the molecule is CC(=O)Nc1ccc2c(OS(=O)(=O)c3ccc(C)cc3)cc(S(=O)(=O)O)cc2c1. The van der Waals surface area contributed by atoms with Gasteiger partial charge in [0.1, 0.15) is 4.90 Å². The number of amides is 1. The van der Waals surface area contributed by atoms with Crippen LogP contribution in [0.25, 0.3) is 10.8 Å². The van der Waals surface area contributed by atoms with Crippen molar-refractivity contribution in [3.05, 3.63) is 60.2 Å². The number of hydrogen-bond donors (Lipinski definition) is 2. The number of benzene rings is 3. The molecule has 1 amide bonds. The van der Waals surface area contributed by atoms with Gasteiger partial charge in [-0.25, -0.2) is 0 Å². The first-order chi connectivity index (χ1) is 13.5. The van der Waals surface area contributed by atoms with Crippen LogP contribution in [0.2, 0.25) is 0 Å². The first-order valence-corrected chi connectivity index (χ1v) is 11.1. The van der Waals surface area contributed by atoms with Crippen LogP contribution in [0.15, 0.2) is 64.4 Å². The summed E-state index contributed by atoms with van der Waals surface area (Å²) in [6.07, 6.45) is 0. The van der Waals surface area contributed by atoms with Gasteiger partial charge in [0.25, 0.3) is 10.1 Å². The molecule has 152 valence electrons. The molecule has 0 saturated carbocycles. The van der Waals surface area contributed by atoms with Crippen LogP contribution in [0, 0.1) is 6.92 Å². The van der Waals surface area contributed by atoms with Crippen LogP contribution in [0.4, 0.5) is 5.69 Å². The van der Waals surface area contributed by atoms with Gasteiger partial charge in [0.2, 0.25) is 5.91 Å². The molecule has 0 aliphatic carbocycles. The summed E-state index contributed by atoms with van der Waals surface area (Å²) in [5.41, 5.74) is 1.22. The molecule has 3 rings (SSSR count). The van der Waals surface area contributed by atoms with Crippen molar-refractivity contribution in [3.8, 4) is 5.75 Å². The second-order valence-electron chi connectivity index (χ2n) is 6.36. The summed E-state index contributed by atoms with van der Waals surface area (Å²) < 4.78 is 63.2. The Kier molecular flexibility index (Phi) is 5.35. The normalized spacial score (nSPS) is 12.0. The van der Waals surface area contributed by atoms with E-state index < -0.39 is 25.1 Å². The third-order valence-electron chi connectivity index (χ3n) is 4.02. The van der Waals surface area contributed by atoms with E-state index in [1.54, 1.807) is 19.1 Å². The zero-order chi connectivity index (χ0) is 21.4. The Hall–Kier alpha value is -2.95. The zero-order valence-corrected chi connectivity index (χ0v) is 17.0. The number of anilines is 1. The topological polar surface area (TPSA) is 127 Å². The number of rotatable bonds is 5. The van der Waals surface area contributed by atoms with E-state index in [0.717, 1.165) is 17.7 Å². The van der Waals surface area contributed by atoms with E-state index in [9.17, 15) is 26.2 Å². The molecular formula is C19H17NO7S2. The van der Waals surface area contributed by atoms with Crippen molar-refractivity contribution in [2.45, 2.75) is 23.6 Å². The van der Waals surface area contributed by atoms with Gasteiger partial charge in [0, 0.05) is 24.1 Å². The third-order valence-corrected chi connectivity index (χ3v) is 6.10. The van der Waals surface area contributed by atoms with Crippen molar-refractivity contribution in [1.82, 2.24) is 0 Å². The smallest absolute Gasteiger partial charge is 0.339 e. The molecule has 0 saturated heterocycles. The third kappa shape index (κ3) is 4.73. The van der Waals surface area contributed by atoms with Gasteiger partial charge in [0.15, 0.2) is 5.75 Å². The van der Waals surface area contributed by atoms with Crippen LogP contribution >= 0.6 is 0 Å². The first-order valence-electron chi connectivity index (χ1n) is 8.30. The van der Waals surface area contributed by atoms with Crippen molar-refractivity contribution >= 4 is 42.6 Å². The summed E-state index contributed by atoms with van der Waals surface area (Å²) in [4.78, 5) is 10.6. The highest BCUT2D eigenvalue weighted by Gasteiger charge is 2.21. The number of nitrogens with one attached hydrogen (secondary N) is 1. The number of fused-ring (bicyclic) bond motifs is 1. The zero-order valence-electron chi connectivity index (χ0n) is 15.4. The number of aryl methyl sites for hydroxylation is 1. The highest BCUT2D eigenvalue weighted by Crippen LogP contribution is 2.33. The monoisotopic (exact) mass is 435 g/mol. The average Bonchev–Trinajstić information content (AvgIpc) is 2.60. The maximum absolute atomic E-state index is 12.6. The van der Waals surface area contributed by atoms with Crippen molar-refractivity contribution in [1.29, 1.82) is 0 Å². The van der Waals surface area contributed by atoms with Gasteiger partial charge in [-0.05, 0) is 48.7 Å². The largest absolute Gasteiger partial charge is 0.378 e. The van der Waals surface area contributed by atoms with Gasteiger partial charge in [-0.1, -0.05) is 17.7 Å². The Bertz CT molecular complexity index is 1310.